The van der Waals surface area contributed by atoms with Crippen LogP contribution < -0.4 is 16.0 Å². The Morgan fingerprint density at radius 1 is 1.21 bits per heavy atom. The Labute approximate surface area is 256 Å². The lowest BCUT2D eigenvalue weighted by molar-refractivity contribution is -0.105. The van der Waals surface area contributed by atoms with E-state index >= 15 is 0 Å². The van der Waals surface area contributed by atoms with Crippen molar-refractivity contribution in [3.63, 3.8) is 0 Å². The van der Waals surface area contributed by atoms with Crippen LogP contribution in [0.5, 0.6) is 0 Å². The van der Waals surface area contributed by atoms with Gasteiger partial charge in [0.05, 0.1) is 29.1 Å². The summed E-state index contributed by atoms with van der Waals surface area (Å²) >= 11 is 6.55. The van der Waals surface area contributed by atoms with Gasteiger partial charge in [-0.25, -0.2) is 23.4 Å². The van der Waals surface area contributed by atoms with Crippen molar-refractivity contribution >= 4 is 49.5 Å². The third-order valence-corrected chi connectivity index (χ3v) is 10.2. The maximum absolute atomic E-state index is 11.8. The van der Waals surface area contributed by atoms with E-state index in [0.717, 1.165) is 29.3 Å². The van der Waals surface area contributed by atoms with Gasteiger partial charge in [0, 0.05) is 55.5 Å². The lowest BCUT2D eigenvalue weighted by atomic mass is 9.76. The van der Waals surface area contributed by atoms with Crippen LogP contribution in [0.2, 0.25) is 5.15 Å². The summed E-state index contributed by atoms with van der Waals surface area (Å²) in [6, 6.07) is 8.07. The molecule has 4 atom stereocenters. The number of aromatic nitrogens is 5. The van der Waals surface area contributed by atoms with E-state index in [0.29, 0.717) is 34.7 Å². The van der Waals surface area contributed by atoms with E-state index in [-0.39, 0.29) is 35.4 Å². The number of halogens is 1. The molecule has 0 radical (unpaired) electrons. The number of hydrogen-bond donors (Lipinski definition) is 2. The SMILES string of the molecule is COC1(C)CCC1n1cc(-c2nccc(Nc3cc4c(C(C)C)ccc(N5C[C@H](CS(C)(=O)=O)[C@H]5N)c4cn3)n2)c(Cl)n1. The van der Waals surface area contributed by atoms with Crippen LogP contribution in [0.15, 0.2) is 42.9 Å². The van der Waals surface area contributed by atoms with Gasteiger partial charge in [0.25, 0.3) is 0 Å². The molecule has 0 spiro atoms. The highest BCUT2D eigenvalue weighted by molar-refractivity contribution is 7.90. The van der Waals surface area contributed by atoms with Crippen molar-refractivity contribution in [3.05, 3.63) is 53.6 Å². The molecule has 0 amide bonds. The van der Waals surface area contributed by atoms with Crippen molar-refractivity contribution in [2.45, 2.75) is 57.3 Å². The smallest absolute Gasteiger partial charge is 0.166 e. The Morgan fingerprint density at radius 2 is 2.00 bits per heavy atom. The predicted molar refractivity (Wildman–Crippen MR) is 170 cm³/mol. The predicted octanol–water partition coefficient (Wildman–Crippen LogP) is 4.91. The van der Waals surface area contributed by atoms with Gasteiger partial charge in [0.2, 0.25) is 0 Å². The Balaban J connectivity index is 1.27. The summed E-state index contributed by atoms with van der Waals surface area (Å²) in [7, 11) is -1.38. The van der Waals surface area contributed by atoms with E-state index in [1.54, 1.807) is 19.4 Å². The molecule has 3 aromatic heterocycles. The number of nitrogens with zero attached hydrogens (tertiary/aromatic N) is 6. The lowest BCUT2D eigenvalue weighted by Crippen LogP contribution is -2.63. The third kappa shape index (κ3) is 5.57. The molecule has 1 aromatic carbocycles. The quantitative estimate of drug-likeness (QED) is 0.264. The number of fused-ring (bicyclic) bond motifs is 1. The topological polar surface area (TPSA) is 141 Å². The van der Waals surface area contributed by atoms with Crippen LogP contribution in [0.4, 0.5) is 17.3 Å². The highest BCUT2D eigenvalue weighted by atomic mass is 35.5. The van der Waals surface area contributed by atoms with Crippen LogP contribution in [0.3, 0.4) is 0 Å². The average molecular weight is 625 g/mol. The number of hydrogen-bond acceptors (Lipinski definition) is 10. The van der Waals surface area contributed by atoms with Gasteiger partial charge in [-0.2, -0.15) is 5.10 Å². The summed E-state index contributed by atoms with van der Waals surface area (Å²) in [5.41, 5.74) is 8.94. The molecule has 6 rings (SSSR count). The van der Waals surface area contributed by atoms with E-state index in [4.69, 9.17) is 32.0 Å². The van der Waals surface area contributed by atoms with Gasteiger partial charge in [-0.3, -0.25) is 4.68 Å². The molecule has 2 aliphatic rings. The van der Waals surface area contributed by atoms with Crippen molar-refractivity contribution in [3.8, 4) is 11.4 Å². The molecule has 2 fully saturated rings. The summed E-state index contributed by atoms with van der Waals surface area (Å²) in [5.74, 6) is 1.91. The second kappa shape index (κ2) is 11.0. The normalized spacial score (nSPS) is 23.8. The number of pyridine rings is 1. The summed E-state index contributed by atoms with van der Waals surface area (Å²) in [5, 5.41) is 10.2. The molecule has 4 aromatic rings. The number of rotatable bonds is 9. The van der Waals surface area contributed by atoms with E-state index < -0.39 is 9.84 Å². The van der Waals surface area contributed by atoms with Crippen LogP contribution in [0.25, 0.3) is 22.2 Å². The zero-order valence-electron chi connectivity index (χ0n) is 25.0. The largest absolute Gasteiger partial charge is 0.376 e. The van der Waals surface area contributed by atoms with Crippen molar-refractivity contribution in [1.29, 1.82) is 0 Å². The second-order valence-electron chi connectivity index (χ2n) is 12.2. The first kappa shape index (κ1) is 29.7. The Bertz CT molecular complexity index is 1790. The third-order valence-electron chi connectivity index (χ3n) is 8.88. The Kier molecular flexibility index (Phi) is 7.60. The molecule has 228 valence electrons. The molecular formula is C30H37ClN8O3S. The Hall–Kier alpha value is -3.32. The van der Waals surface area contributed by atoms with Gasteiger partial charge in [0.15, 0.2) is 11.0 Å². The van der Waals surface area contributed by atoms with Gasteiger partial charge in [-0.05, 0) is 54.8 Å². The van der Waals surface area contributed by atoms with Gasteiger partial charge in [-0.15, -0.1) is 0 Å². The molecule has 1 aliphatic carbocycles. The highest BCUT2D eigenvalue weighted by Gasteiger charge is 2.45. The van der Waals surface area contributed by atoms with Crippen molar-refractivity contribution in [2.75, 3.05) is 35.9 Å². The van der Waals surface area contributed by atoms with Crippen molar-refractivity contribution < 1.29 is 13.2 Å². The molecule has 2 unspecified atom stereocenters. The first-order valence-electron chi connectivity index (χ1n) is 14.4. The van der Waals surface area contributed by atoms with Crippen LogP contribution in [-0.2, 0) is 14.6 Å². The minimum Gasteiger partial charge on any atom is -0.376 e. The first-order chi connectivity index (χ1) is 20.4. The summed E-state index contributed by atoms with van der Waals surface area (Å²) in [4.78, 5) is 15.9. The molecule has 43 heavy (non-hydrogen) atoms. The van der Waals surface area contributed by atoms with E-state index in [2.05, 4.69) is 53.2 Å². The molecule has 0 bridgehead atoms. The van der Waals surface area contributed by atoms with Crippen LogP contribution in [0, 0.1) is 5.92 Å². The maximum atomic E-state index is 11.8. The molecular weight excluding hydrogens is 588 g/mol. The molecule has 1 aliphatic heterocycles. The zero-order valence-corrected chi connectivity index (χ0v) is 26.5. The summed E-state index contributed by atoms with van der Waals surface area (Å²) in [6.45, 7) is 6.96. The molecule has 13 heteroatoms. The molecule has 11 nitrogen and oxygen atoms in total. The van der Waals surface area contributed by atoms with Gasteiger partial charge in [0.1, 0.15) is 21.5 Å². The minimum absolute atomic E-state index is 0.0824. The second-order valence-corrected chi connectivity index (χ2v) is 14.8. The average Bonchev–Trinajstić information content (AvgIpc) is 3.33. The first-order valence-corrected chi connectivity index (χ1v) is 16.8. The fourth-order valence-electron chi connectivity index (χ4n) is 6.17. The van der Waals surface area contributed by atoms with E-state index in [1.165, 1.54) is 11.8 Å². The molecule has 1 saturated carbocycles. The van der Waals surface area contributed by atoms with Crippen molar-refractivity contribution in [1.82, 2.24) is 24.7 Å². The fourth-order valence-corrected chi connectivity index (χ4v) is 7.47. The molecule has 1 saturated heterocycles. The number of nitrogens with one attached hydrogen (secondary N) is 1. The standard InChI is InChI=1S/C30H37ClN8O3S/c1-17(2)19-6-7-23(38-14-18(28(38)32)16-43(5,40)41)21-13-34-26(12-20(19)21)35-25-9-11-33-29(36-25)22-15-39(37-27(22)31)24-8-10-30(24,3)42-4/h6-7,9,11-13,15,17-18,24,28H,8,10,14,16,32H2,1-5H3,(H,33,34,35,36)/t18-,24?,28+,30?/m1/s1. The van der Waals surface area contributed by atoms with Gasteiger partial charge < -0.3 is 20.7 Å². The van der Waals surface area contributed by atoms with E-state index in [1.807, 2.05) is 23.1 Å². The van der Waals surface area contributed by atoms with Gasteiger partial charge in [-0.1, -0.05) is 31.5 Å². The molecule has 3 N–H and O–H groups in total. The Morgan fingerprint density at radius 3 is 2.65 bits per heavy atom. The van der Waals surface area contributed by atoms with Crippen LogP contribution >= 0.6 is 11.6 Å². The lowest BCUT2D eigenvalue weighted by Gasteiger charge is -2.47. The van der Waals surface area contributed by atoms with Crippen LogP contribution in [-0.4, -0.2) is 70.6 Å². The van der Waals surface area contributed by atoms with E-state index in [9.17, 15) is 8.42 Å². The summed E-state index contributed by atoms with van der Waals surface area (Å²) in [6.07, 6.45) is 8.20. The number of anilines is 3. The van der Waals surface area contributed by atoms with Crippen LogP contribution in [0.1, 0.15) is 51.1 Å². The fraction of sp³-hybridized carbons (Fsp3) is 0.467. The number of sulfone groups is 1. The minimum atomic E-state index is -3.10. The maximum Gasteiger partial charge on any atom is 0.166 e. The zero-order chi connectivity index (χ0) is 30.7. The van der Waals surface area contributed by atoms with Gasteiger partial charge >= 0.3 is 0 Å². The molecule has 4 heterocycles. The number of ether oxygens (including phenoxy) is 1. The monoisotopic (exact) mass is 624 g/mol. The highest BCUT2D eigenvalue weighted by Crippen LogP contribution is 2.45. The number of nitrogens with two attached hydrogens (primary N) is 1. The number of benzene rings is 1. The van der Waals surface area contributed by atoms with Crippen molar-refractivity contribution in [2.24, 2.45) is 11.7 Å². The number of methoxy groups -OCH3 is 1. The summed E-state index contributed by atoms with van der Waals surface area (Å²) < 4.78 is 31.2.